The van der Waals surface area contributed by atoms with Gasteiger partial charge in [0, 0.05) is 50.0 Å². The third kappa shape index (κ3) is 13.2. The molecule has 248 valence electrons. The highest BCUT2D eigenvalue weighted by atomic mass is 19.4. The highest BCUT2D eigenvalue weighted by molar-refractivity contribution is 5.79. The summed E-state index contributed by atoms with van der Waals surface area (Å²) in [5.41, 5.74) is -1.39. The van der Waals surface area contributed by atoms with E-state index >= 15 is 0 Å². The van der Waals surface area contributed by atoms with Crippen LogP contribution in [0.2, 0.25) is 0 Å². The minimum atomic E-state index is -4.58. The number of pyridine rings is 1. The zero-order valence-corrected chi connectivity index (χ0v) is 26.8. The number of carbonyl (C=O) groups excluding carboxylic acids is 2. The first-order chi connectivity index (χ1) is 21.0. The van der Waals surface area contributed by atoms with E-state index in [4.69, 9.17) is 4.74 Å². The van der Waals surface area contributed by atoms with E-state index in [1.807, 2.05) is 18.2 Å². The Kier molecular flexibility index (Phi) is 18.3. The molecule has 1 aliphatic carbocycles. The Bertz CT molecular complexity index is 1130. The number of alkyl halides is 3. The lowest BCUT2D eigenvalue weighted by Gasteiger charge is -2.32. The number of allylic oxidation sites excluding steroid dienone is 5. The molecule has 0 bridgehead atoms. The molecule has 1 N–H and O–H groups in total. The van der Waals surface area contributed by atoms with Crippen LogP contribution >= 0.6 is 0 Å². The van der Waals surface area contributed by atoms with Crippen LogP contribution in [0.1, 0.15) is 71.1 Å². The van der Waals surface area contributed by atoms with Crippen molar-refractivity contribution in [1.82, 2.24) is 14.8 Å². The van der Waals surface area contributed by atoms with E-state index in [9.17, 15) is 27.6 Å². The lowest BCUT2D eigenvalue weighted by atomic mass is 9.98. The second-order valence-electron chi connectivity index (χ2n) is 10.8. The first-order valence-electron chi connectivity index (χ1n) is 15.3. The van der Waals surface area contributed by atoms with Gasteiger partial charge in [-0.05, 0) is 51.0 Å². The van der Waals surface area contributed by atoms with Crippen molar-refractivity contribution in [2.45, 2.75) is 91.1 Å². The fraction of sp³-hybridized carbons (Fsp3) is 0.606. The monoisotopic (exact) mass is 625 g/mol. The van der Waals surface area contributed by atoms with E-state index in [0.29, 0.717) is 44.3 Å². The van der Waals surface area contributed by atoms with Gasteiger partial charge in [0.25, 0.3) is 12.0 Å². The first-order valence-corrected chi connectivity index (χ1v) is 15.3. The predicted molar refractivity (Wildman–Crippen MR) is 167 cm³/mol. The van der Waals surface area contributed by atoms with E-state index in [1.165, 1.54) is 4.57 Å². The molecule has 1 saturated carbocycles. The molecule has 0 unspecified atom stereocenters. The van der Waals surface area contributed by atoms with Gasteiger partial charge in [-0.3, -0.25) is 14.4 Å². The molecule has 1 aliphatic heterocycles. The summed E-state index contributed by atoms with van der Waals surface area (Å²) in [6.07, 6.45) is 9.62. The summed E-state index contributed by atoms with van der Waals surface area (Å²) in [6, 6.07) is 2.18. The average molecular weight is 626 g/mol. The topological polar surface area (TPSA) is 89.9 Å². The summed E-state index contributed by atoms with van der Waals surface area (Å²) in [5.74, 6) is 0.194. The average Bonchev–Trinajstić information content (AvgIpc) is 3.47. The molecule has 1 fully saturated rings. The number of rotatable bonds is 12. The van der Waals surface area contributed by atoms with Crippen LogP contribution in [0.4, 0.5) is 13.2 Å². The number of methoxy groups -OCH3 is 1. The first kappa shape index (κ1) is 38.8. The van der Waals surface area contributed by atoms with Crippen LogP contribution in [-0.4, -0.2) is 60.8 Å². The standard InChI is InChI=1S/C22H32F3N3O3.C8H12.C3H6O2/c1-4-19(14(2)13-31-3)26-17-6-5-15(9-17)21(30)27-7-8-28-18(12-27)10-16(11-20(28)29)22(23,24)25;1-3-5-7-8-6-4-2;1-2-5-3-4/h10-11,14-15,17,19,26H,4-9,12-13H2,1-3H3;3,5-8H,1,4H2,2H3;3H,2H2,1H3/b;7-5-,8-6-;/t14-,15+,17-,19+;;/m1../s1. The number of hydrogen-bond acceptors (Lipinski definition) is 6. The largest absolute Gasteiger partial charge is 0.468 e. The molecule has 3 rings (SSSR count). The SMILES string of the molecule is C=C/C=C\C=C/CC.CCOC=O.CC[C@H](N[C@@H]1CC[C@H](C(=O)N2CCn3c(cc(C(F)(F)F)cc3=O)C2)C1)[C@H](C)COC. The maximum Gasteiger partial charge on any atom is 0.416 e. The van der Waals surface area contributed by atoms with Gasteiger partial charge in [0.2, 0.25) is 5.91 Å². The number of amides is 1. The van der Waals surface area contributed by atoms with E-state index < -0.39 is 17.3 Å². The molecule has 44 heavy (non-hydrogen) atoms. The fourth-order valence-corrected chi connectivity index (χ4v) is 5.29. The summed E-state index contributed by atoms with van der Waals surface area (Å²) in [7, 11) is 1.69. The number of nitrogens with zero attached hydrogens (tertiary/aromatic N) is 2. The maximum absolute atomic E-state index is 13.1. The van der Waals surface area contributed by atoms with Crippen molar-refractivity contribution < 1.29 is 32.2 Å². The number of hydrogen-bond donors (Lipinski definition) is 1. The Labute approximate surface area is 260 Å². The van der Waals surface area contributed by atoms with Gasteiger partial charge in [-0.1, -0.05) is 57.7 Å². The lowest BCUT2D eigenvalue weighted by molar-refractivity contribution is -0.138. The van der Waals surface area contributed by atoms with Crippen molar-refractivity contribution in [3.05, 3.63) is 70.7 Å². The Morgan fingerprint density at radius 2 is 1.89 bits per heavy atom. The molecule has 0 spiro atoms. The Hall–Kier alpha value is -3.18. The molecule has 0 radical (unpaired) electrons. The number of aromatic nitrogens is 1. The maximum atomic E-state index is 13.1. The van der Waals surface area contributed by atoms with E-state index in [0.717, 1.165) is 38.2 Å². The minimum Gasteiger partial charge on any atom is -0.468 e. The van der Waals surface area contributed by atoms with Crippen LogP contribution in [-0.2, 0) is 38.3 Å². The number of carbonyl (C=O) groups is 2. The third-order valence-corrected chi connectivity index (χ3v) is 7.55. The Morgan fingerprint density at radius 3 is 2.43 bits per heavy atom. The van der Waals surface area contributed by atoms with Gasteiger partial charge in [0.05, 0.1) is 25.3 Å². The molecule has 1 amide bonds. The van der Waals surface area contributed by atoms with Gasteiger partial charge in [0.1, 0.15) is 0 Å². The zero-order valence-electron chi connectivity index (χ0n) is 26.8. The van der Waals surface area contributed by atoms with Gasteiger partial charge < -0.3 is 24.3 Å². The fourth-order valence-electron chi connectivity index (χ4n) is 5.29. The van der Waals surface area contributed by atoms with Crippen LogP contribution in [0.3, 0.4) is 0 Å². The molecule has 2 heterocycles. The van der Waals surface area contributed by atoms with Gasteiger partial charge in [-0.25, -0.2) is 0 Å². The summed E-state index contributed by atoms with van der Waals surface area (Å²) >= 11 is 0. The molecule has 11 heteroatoms. The van der Waals surface area contributed by atoms with E-state index in [-0.39, 0.29) is 36.7 Å². The van der Waals surface area contributed by atoms with Crippen molar-refractivity contribution in [1.29, 1.82) is 0 Å². The van der Waals surface area contributed by atoms with Crippen LogP contribution < -0.4 is 10.9 Å². The Balaban J connectivity index is 0.000000624. The van der Waals surface area contributed by atoms with E-state index in [2.05, 4.69) is 43.5 Å². The van der Waals surface area contributed by atoms with E-state index in [1.54, 1.807) is 25.0 Å². The predicted octanol–water partition coefficient (Wildman–Crippen LogP) is 5.90. The highest BCUT2D eigenvalue weighted by Crippen LogP contribution is 2.31. The number of nitrogens with one attached hydrogen (secondary N) is 1. The van der Waals surface area contributed by atoms with Crippen LogP contribution in [0, 0.1) is 11.8 Å². The molecule has 0 aromatic carbocycles. The molecule has 0 saturated heterocycles. The van der Waals surface area contributed by atoms with Crippen molar-refractivity contribution in [2.75, 3.05) is 26.9 Å². The van der Waals surface area contributed by atoms with Crippen molar-refractivity contribution in [2.24, 2.45) is 11.8 Å². The van der Waals surface area contributed by atoms with Crippen molar-refractivity contribution in [3.8, 4) is 0 Å². The molecular weight excluding hydrogens is 575 g/mol. The van der Waals surface area contributed by atoms with Gasteiger partial charge in [-0.2, -0.15) is 13.2 Å². The molecule has 2 aliphatic rings. The Morgan fingerprint density at radius 1 is 1.16 bits per heavy atom. The second-order valence-corrected chi connectivity index (χ2v) is 10.8. The zero-order chi connectivity index (χ0) is 33.1. The quantitative estimate of drug-likeness (QED) is 0.230. The summed E-state index contributed by atoms with van der Waals surface area (Å²) in [4.78, 5) is 36.0. The van der Waals surface area contributed by atoms with Crippen LogP contribution in [0.25, 0.3) is 0 Å². The molecular formula is C33H50F3N3O5. The normalized spacial score (nSPS) is 19.3. The molecule has 4 atom stereocenters. The highest BCUT2D eigenvalue weighted by Gasteiger charge is 2.36. The number of ether oxygens (including phenoxy) is 2. The van der Waals surface area contributed by atoms with Crippen LogP contribution in [0.15, 0.2) is 53.9 Å². The number of halogens is 3. The third-order valence-electron chi connectivity index (χ3n) is 7.55. The summed E-state index contributed by atoms with van der Waals surface area (Å²) < 4.78 is 50.0. The van der Waals surface area contributed by atoms with Gasteiger partial charge in [0.15, 0.2) is 0 Å². The summed E-state index contributed by atoms with van der Waals surface area (Å²) in [5, 5.41) is 3.66. The smallest absolute Gasteiger partial charge is 0.416 e. The molecule has 1 aromatic heterocycles. The molecule has 1 aromatic rings. The second kappa shape index (κ2) is 20.7. The van der Waals surface area contributed by atoms with Crippen molar-refractivity contribution in [3.63, 3.8) is 0 Å². The van der Waals surface area contributed by atoms with Crippen molar-refractivity contribution >= 4 is 12.4 Å². The van der Waals surface area contributed by atoms with Gasteiger partial charge >= 0.3 is 6.18 Å². The van der Waals surface area contributed by atoms with Crippen LogP contribution in [0.5, 0.6) is 0 Å². The summed E-state index contributed by atoms with van der Waals surface area (Å²) in [6.45, 7) is 13.9. The number of fused-ring (bicyclic) bond motifs is 1. The lowest BCUT2D eigenvalue weighted by Crippen LogP contribution is -2.45. The van der Waals surface area contributed by atoms with Gasteiger partial charge in [-0.15, -0.1) is 0 Å². The molecule has 8 nitrogen and oxygen atoms in total. The minimum absolute atomic E-state index is 0.0293.